The van der Waals surface area contributed by atoms with Crippen LogP contribution in [0.1, 0.15) is 11.1 Å². The fourth-order valence-electron chi connectivity index (χ4n) is 1.07. The van der Waals surface area contributed by atoms with Gasteiger partial charge in [0.05, 0.1) is 0 Å². The summed E-state index contributed by atoms with van der Waals surface area (Å²) in [6.07, 6.45) is 0. The zero-order valence-electron chi connectivity index (χ0n) is 7.03. The lowest BCUT2D eigenvalue weighted by atomic mass is 10.1. The van der Waals surface area contributed by atoms with Crippen molar-refractivity contribution in [2.24, 2.45) is 0 Å². The first kappa shape index (κ1) is 8.05. The van der Waals surface area contributed by atoms with Crippen molar-refractivity contribution < 1.29 is 4.39 Å². The minimum atomic E-state index is -0.183. The molecular formula is C9H12FN. The van der Waals surface area contributed by atoms with Crippen molar-refractivity contribution >= 4 is 5.69 Å². The topological polar surface area (TPSA) is 12.0 Å². The second-order valence-electron chi connectivity index (χ2n) is 2.65. The zero-order chi connectivity index (χ0) is 8.43. The molecule has 0 aliphatic heterocycles. The molecule has 0 aliphatic rings. The SMILES string of the molecule is CNc1cc(F)cc(C)c1C. The van der Waals surface area contributed by atoms with Gasteiger partial charge in [-0.05, 0) is 37.1 Å². The van der Waals surface area contributed by atoms with Gasteiger partial charge in [0.15, 0.2) is 0 Å². The van der Waals surface area contributed by atoms with Crippen LogP contribution in [0.15, 0.2) is 12.1 Å². The van der Waals surface area contributed by atoms with Gasteiger partial charge in [-0.2, -0.15) is 0 Å². The number of aryl methyl sites for hydroxylation is 1. The van der Waals surface area contributed by atoms with E-state index in [1.807, 2.05) is 13.8 Å². The van der Waals surface area contributed by atoms with Crippen LogP contribution in [0.5, 0.6) is 0 Å². The number of halogens is 1. The van der Waals surface area contributed by atoms with Crippen molar-refractivity contribution in [1.29, 1.82) is 0 Å². The number of anilines is 1. The van der Waals surface area contributed by atoms with Gasteiger partial charge in [-0.25, -0.2) is 4.39 Å². The smallest absolute Gasteiger partial charge is 0.125 e. The van der Waals surface area contributed by atoms with Gasteiger partial charge in [-0.15, -0.1) is 0 Å². The van der Waals surface area contributed by atoms with Crippen molar-refractivity contribution in [2.75, 3.05) is 12.4 Å². The molecule has 0 unspecified atom stereocenters. The molecule has 0 atom stereocenters. The van der Waals surface area contributed by atoms with Crippen LogP contribution >= 0.6 is 0 Å². The van der Waals surface area contributed by atoms with Crippen LogP contribution in [-0.4, -0.2) is 7.05 Å². The Kier molecular flexibility index (Phi) is 2.13. The Hall–Kier alpha value is -1.05. The van der Waals surface area contributed by atoms with E-state index in [-0.39, 0.29) is 5.82 Å². The van der Waals surface area contributed by atoms with E-state index in [0.29, 0.717) is 0 Å². The maximum absolute atomic E-state index is 12.8. The monoisotopic (exact) mass is 153 g/mol. The fraction of sp³-hybridized carbons (Fsp3) is 0.333. The first-order valence-electron chi connectivity index (χ1n) is 3.59. The maximum atomic E-state index is 12.8. The molecule has 60 valence electrons. The molecular weight excluding hydrogens is 141 g/mol. The lowest BCUT2D eigenvalue weighted by Crippen LogP contribution is -1.94. The van der Waals surface area contributed by atoms with Crippen molar-refractivity contribution in [2.45, 2.75) is 13.8 Å². The highest BCUT2D eigenvalue weighted by Crippen LogP contribution is 2.19. The highest BCUT2D eigenvalue weighted by atomic mass is 19.1. The second-order valence-corrected chi connectivity index (χ2v) is 2.65. The third kappa shape index (κ3) is 1.50. The fourth-order valence-corrected chi connectivity index (χ4v) is 1.07. The van der Waals surface area contributed by atoms with E-state index in [1.165, 1.54) is 12.1 Å². The van der Waals surface area contributed by atoms with Crippen LogP contribution < -0.4 is 5.32 Å². The number of benzene rings is 1. The standard InChI is InChI=1S/C9H12FN/c1-6-4-8(10)5-9(11-3)7(6)2/h4-5,11H,1-3H3. The van der Waals surface area contributed by atoms with Gasteiger partial charge in [0, 0.05) is 12.7 Å². The number of rotatable bonds is 1. The molecule has 0 saturated carbocycles. The van der Waals surface area contributed by atoms with Gasteiger partial charge >= 0.3 is 0 Å². The predicted octanol–water partition coefficient (Wildman–Crippen LogP) is 2.48. The molecule has 0 aromatic heterocycles. The van der Waals surface area contributed by atoms with Crippen LogP contribution in [0.4, 0.5) is 10.1 Å². The number of hydrogen-bond donors (Lipinski definition) is 1. The Morgan fingerprint density at radius 3 is 2.45 bits per heavy atom. The Labute approximate surface area is 66.2 Å². The summed E-state index contributed by atoms with van der Waals surface area (Å²) in [7, 11) is 1.79. The highest BCUT2D eigenvalue weighted by molar-refractivity contribution is 5.53. The third-order valence-electron chi connectivity index (χ3n) is 1.90. The summed E-state index contributed by atoms with van der Waals surface area (Å²) in [5, 5.41) is 2.94. The number of nitrogens with one attached hydrogen (secondary N) is 1. The molecule has 2 heteroatoms. The van der Waals surface area contributed by atoms with Gasteiger partial charge in [-0.1, -0.05) is 0 Å². The first-order chi connectivity index (χ1) is 5.15. The molecule has 0 saturated heterocycles. The Bertz CT molecular complexity index is 269. The van der Waals surface area contributed by atoms with Crippen molar-refractivity contribution in [1.82, 2.24) is 0 Å². The molecule has 0 fully saturated rings. The Balaban J connectivity index is 3.24. The summed E-state index contributed by atoms with van der Waals surface area (Å²) >= 11 is 0. The Morgan fingerprint density at radius 1 is 1.27 bits per heavy atom. The second kappa shape index (κ2) is 2.91. The van der Waals surface area contributed by atoms with E-state index in [0.717, 1.165) is 16.8 Å². The average molecular weight is 153 g/mol. The zero-order valence-corrected chi connectivity index (χ0v) is 7.03. The quantitative estimate of drug-likeness (QED) is 0.653. The van der Waals surface area contributed by atoms with E-state index in [4.69, 9.17) is 0 Å². The van der Waals surface area contributed by atoms with E-state index >= 15 is 0 Å². The van der Waals surface area contributed by atoms with Gasteiger partial charge in [-0.3, -0.25) is 0 Å². The van der Waals surface area contributed by atoms with E-state index < -0.39 is 0 Å². The summed E-state index contributed by atoms with van der Waals surface area (Å²) in [5.74, 6) is -0.183. The van der Waals surface area contributed by atoms with E-state index in [1.54, 1.807) is 7.05 Å². The van der Waals surface area contributed by atoms with Gasteiger partial charge in [0.1, 0.15) is 5.82 Å². The molecule has 1 N–H and O–H groups in total. The van der Waals surface area contributed by atoms with E-state index in [2.05, 4.69) is 5.32 Å². The Morgan fingerprint density at radius 2 is 1.91 bits per heavy atom. The summed E-state index contributed by atoms with van der Waals surface area (Å²) in [4.78, 5) is 0. The molecule has 0 amide bonds. The van der Waals surface area contributed by atoms with Crippen LogP contribution in [0, 0.1) is 19.7 Å². The van der Waals surface area contributed by atoms with Crippen LogP contribution in [-0.2, 0) is 0 Å². The van der Waals surface area contributed by atoms with Crippen molar-refractivity contribution in [3.8, 4) is 0 Å². The average Bonchev–Trinajstić information content (AvgIpc) is 1.96. The predicted molar refractivity (Wildman–Crippen MR) is 45.4 cm³/mol. The maximum Gasteiger partial charge on any atom is 0.125 e. The molecule has 0 aliphatic carbocycles. The molecule has 1 aromatic rings. The van der Waals surface area contributed by atoms with Crippen molar-refractivity contribution in [3.63, 3.8) is 0 Å². The minimum absolute atomic E-state index is 0.183. The first-order valence-corrected chi connectivity index (χ1v) is 3.59. The minimum Gasteiger partial charge on any atom is -0.388 e. The summed E-state index contributed by atoms with van der Waals surface area (Å²) in [5.41, 5.74) is 2.95. The van der Waals surface area contributed by atoms with Crippen LogP contribution in [0.3, 0.4) is 0 Å². The lowest BCUT2D eigenvalue weighted by Gasteiger charge is -2.07. The van der Waals surface area contributed by atoms with Gasteiger partial charge in [0.25, 0.3) is 0 Å². The largest absolute Gasteiger partial charge is 0.388 e. The summed E-state index contributed by atoms with van der Waals surface area (Å²) < 4.78 is 12.8. The normalized spacial score (nSPS) is 9.82. The van der Waals surface area contributed by atoms with Gasteiger partial charge < -0.3 is 5.32 Å². The molecule has 0 bridgehead atoms. The summed E-state index contributed by atoms with van der Waals surface area (Å²) in [6.45, 7) is 3.87. The molecule has 1 nitrogen and oxygen atoms in total. The molecule has 11 heavy (non-hydrogen) atoms. The molecule has 0 spiro atoms. The van der Waals surface area contributed by atoms with Crippen LogP contribution in [0.25, 0.3) is 0 Å². The van der Waals surface area contributed by atoms with E-state index in [9.17, 15) is 4.39 Å². The molecule has 0 heterocycles. The van der Waals surface area contributed by atoms with Crippen molar-refractivity contribution in [3.05, 3.63) is 29.1 Å². The number of hydrogen-bond acceptors (Lipinski definition) is 1. The van der Waals surface area contributed by atoms with Crippen LogP contribution in [0.2, 0.25) is 0 Å². The molecule has 0 radical (unpaired) electrons. The summed E-state index contributed by atoms with van der Waals surface area (Å²) in [6, 6.07) is 3.04. The third-order valence-corrected chi connectivity index (χ3v) is 1.90. The highest BCUT2D eigenvalue weighted by Gasteiger charge is 2.01. The molecule has 1 rings (SSSR count). The molecule has 1 aromatic carbocycles. The lowest BCUT2D eigenvalue weighted by molar-refractivity contribution is 0.626. The van der Waals surface area contributed by atoms with Gasteiger partial charge in [0.2, 0.25) is 0 Å².